The summed E-state index contributed by atoms with van der Waals surface area (Å²) in [4.78, 5) is 0. The van der Waals surface area contributed by atoms with Crippen LogP contribution in [-0.2, 0) is 6.42 Å². The van der Waals surface area contributed by atoms with Gasteiger partial charge in [0, 0.05) is 5.33 Å². The minimum absolute atomic E-state index is 0.555. The van der Waals surface area contributed by atoms with Gasteiger partial charge < -0.3 is 0 Å². The van der Waals surface area contributed by atoms with E-state index in [-0.39, 0.29) is 0 Å². The summed E-state index contributed by atoms with van der Waals surface area (Å²) in [5.41, 5.74) is 1.75. The summed E-state index contributed by atoms with van der Waals surface area (Å²) in [6.45, 7) is 0. The Balaban J connectivity index is 2.80. The lowest BCUT2D eigenvalue weighted by Gasteiger charge is -2.03. The number of benzene rings is 1. The van der Waals surface area contributed by atoms with Crippen LogP contribution >= 0.6 is 31.9 Å². The third kappa shape index (κ3) is 5.01. The molecule has 0 aromatic heterocycles. The molecule has 0 saturated heterocycles. The quantitative estimate of drug-likeness (QED) is 0.557. The fourth-order valence-corrected chi connectivity index (χ4v) is 1.76. The van der Waals surface area contributed by atoms with E-state index in [1.54, 1.807) is 12.1 Å². The average Bonchev–Trinajstić information content (AvgIpc) is 2.32. The van der Waals surface area contributed by atoms with Gasteiger partial charge in [-0.15, -0.1) is 0 Å². The van der Waals surface area contributed by atoms with Crippen LogP contribution in [0.1, 0.15) is 5.56 Å². The normalized spacial score (nSPS) is 10.9. The van der Waals surface area contributed by atoms with Gasteiger partial charge in [-0.05, 0) is 35.8 Å². The zero-order chi connectivity index (χ0) is 12.7. The highest BCUT2D eigenvalue weighted by molar-refractivity contribution is 9.09. The summed E-state index contributed by atoms with van der Waals surface area (Å²) in [6.07, 6.45) is 2.34. The summed E-state index contributed by atoms with van der Waals surface area (Å²) in [6, 6.07) is 3.93. The van der Waals surface area contributed by atoms with Gasteiger partial charge in [-0.3, -0.25) is 0 Å². The Hall–Kier alpha value is -0.660. The van der Waals surface area contributed by atoms with Gasteiger partial charge in [-0.1, -0.05) is 49.8 Å². The van der Waals surface area contributed by atoms with E-state index in [1.165, 1.54) is 6.07 Å². The number of rotatable bonds is 3. The molecular formula is C13H10Br2F2. The van der Waals surface area contributed by atoms with Crippen LogP contribution < -0.4 is 0 Å². The Kier molecular flexibility index (Phi) is 6.46. The minimum atomic E-state index is -0.822. The lowest BCUT2D eigenvalue weighted by molar-refractivity contribution is 0.507. The smallest absolute Gasteiger partial charge is 0.159 e. The molecule has 0 unspecified atom stereocenters. The lowest BCUT2D eigenvalue weighted by atomic mass is 10.1. The molecule has 0 spiro atoms. The average molecular weight is 364 g/mol. The van der Waals surface area contributed by atoms with Crippen LogP contribution in [0.5, 0.6) is 0 Å². The van der Waals surface area contributed by atoms with Gasteiger partial charge in [0.25, 0.3) is 0 Å². The molecular weight excluding hydrogens is 354 g/mol. The van der Waals surface area contributed by atoms with Crippen LogP contribution in [0.15, 0.2) is 29.8 Å². The molecule has 0 fully saturated rings. The van der Waals surface area contributed by atoms with E-state index in [2.05, 4.69) is 43.7 Å². The molecule has 0 heterocycles. The van der Waals surface area contributed by atoms with Crippen LogP contribution in [-0.4, -0.2) is 10.7 Å². The van der Waals surface area contributed by atoms with Crippen LogP contribution in [0.3, 0.4) is 0 Å². The van der Waals surface area contributed by atoms with Gasteiger partial charge in [0.05, 0.1) is 5.33 Å². The van der Waals surface area contributed by atoms with Crippen molar-refractivity contribution in [3.05, 3.63) is 47.0 Å². The molecule has 90 valence electrons. The second kappa shape index (κ2) is 7.62. The maximum atomic E-state index is 13.0. The van der Waals surface area contributed by atoms with Crippen molar-refractivity contribution in [3.8, 4) is 11.8 Å². The third-order valence-corrected chi connectivity index (χ3v) is 3.03. The minimum Gasteiger partial charge on any atom is -0.204 e. The third-order valence-electron chi connectivity index (χ3n) is 2.03. The number of allylic oxidation sites excluding steroid dienone is 2. The zero-order valence-corrected chi connectivity index (χ0v) is 12.1. The van der Waals surface area contributed by atoms with Crippen LogP contribution in [0, 0.1) is 23.5 Å². The number of hydrogen-bond donors (Lipinski definition) is 0. The summed E-state index contributed by atoms with van der Waals surface area (Å²) < 4.78 is 25.7. The molecule has 0 aliphatic rings. The molecule has 0 nitrogen and oxygen atoms in total. The van der Waals surface area contributed by atoms with Crippen molar-refractivity contribution in [1.82, 2.24) is 0 Å². The molecule has 17 heavy (non-hydrogen) atoms. The zero-order valence-electron chi connectivity index (χ0n) is 8.94. The first kappa shape index (κ1) is 14.4. The van der Waals surface area contributed by atoms with E-state index < -0.39 is 11.6 Å². The van der Waals surface area contributed by atoms with E-state index in [4.69, 9.17) is 0 Å². The number of alkyl halides is 2. The summed E-state index contributed by atoms with van der Waals surface area (Å²) >= 11 is 6.54. The second-order valence-corrected chi connectivity index (χ2v) is 4.44. The monoisotopic (exact) mass is 362 g/mol. The van der Waals surface area contributed by atoms with Crippen molar-refractivity contribution >= 4 is 31.9 Å². The summed E-state index contributed by atoms with van der Waals surface area (Å²) in [5, 5.41) is 1.27. The SMILES string of the molecule is Fc1ccc(C/C(=C\C#CCBr)CBr)cc1F. The molecule has 1 aromatic carbocycles. The Morgan fingerprint density at radius 1 is 1.24 bits per heavy atom. The molecule has 4 heteroatoms. The largest absolute Gasteiger partial charge is 0.204 e. The first-order valence-electron chi connectivity index (χ1n) is 4.89. The maximum Gasteiger partial charge on any atom is 0.159 e. The molecule has 0 aliphatic carbocycles. The van der Waals surface area contributed by atoms with Gasteiger partial charge in [0.15, 0.2) is 11.6 Å². The van der Waals surface area contributed by atoms with Crippen molar-refractivity contribution in [2.75, 3.05) is 10.7 Å². The Bertz CT molecular complexity index is 470. The number of halogens is 4. The lowest BCUT2D eigenvalue weighted by Crippen LogP contribution is -1.94. The fourth-order valence-electron chi connectivity index (χ4n) is 1.24. The first-order chi connectivity index (χ1) is 8.17. The topological polar surface area (TPSA) is 0 Å². The first-order valence-corrected chi connectivity index (χ1v) is 7.14. The standard InChI is InChI=1S/C13H10Br2F2/c14-6-2-1-3-11(9-15)7-10-4-5-12(16)13(17)8-10/h3-5,8H,6-7,9H2/b11-3+. The number of hydrogen-bond acceptors (Lipinski definition) is 0. The predicted molar refractivity (Wildman–Crippen MR) is 73.5 cm³/mol. The molecule has 0 saturated carbocycles. The predicted octanol–water partition coefficient (Wildman–Crippen LogP) is 4.23. The van der Waals surface area contributed by atoms with E-state index in [9.17, 15) is 8.78 Å². The Morgan fingerprint density at radius 3 is 2.59 bits per heavy atom. The van der Waals surface area contributed by atoms with Crippen molar-refractivity contribution in [2.45, 2.75) is 6.42 Å². The Morgan fingerprint density at radius 2 is 2.00 bits per heavy atom. The molecule has 0 amide bonds. The van der Waals surface area contributed by atoms with Crippen molar-refractivity contribution < 1.29 is 8.78 Å². The molecule has 0 bridgehead atoms. The van der Waals surface area contributed by atoms with Crippen molar-refractivity contribution in [2.24, 2.45) is 0 Å². The molecule has 0 atom stereocenters. The van der Waals surface area contributed by atoms with Gasteiger partial charge in [-0.2, -0.15) is 0 Å². The fraction of sp³-hybridized carbons (Fsp3) is 0.231. The molecule has 0 N–H and O–H groups in total. The van der Waals surface area contributed by atoms with Crippen LogP contribution in [0.4, 0.5) is 8.78 Å². The van der Waals surface area contributed by atoms with Gasteiger partial charge >= 0.3 is 0 Å². The summed E-state index contributed by atoms with van der Waals surface area (Å²) in [5.74, 6) is 4.09. The highest BCUT2D eigenvalue weighted by Gasteiger charge is 2.04. The summed E-state index contributed by atoms with van der Waals surface area (Å²) in [7, 11) is 0. The molecule has 0 aliphatic heterocycles. The van der Waals surface area contributed by atoms with Crippen LogP contribution in [0.2, 0.25) is 0 Å². The highest BCUT2D eigenvalue weighted by Crippen LogP contribution is 2.14. The van der Waals surface area contributed by atoms with E-state index in [1.807, 2.05) is 0 Å². The van der Waals surface area contributed by atoms with E-state index in [0.717, 1.165) is 17.2 Å². The van der Waals surface area contributed by atoms with E-state index >= 15 is 0 Å². The molecule has 0 radical (unpaired) electrons. The molecule has 1 rings (SSSR count). The maximum absolute atomic E-state index is 13.0. The Labute approximate surface area is 116 Å². The highest BCUT2D eigenvalue weighted by atomic mass is 79.9. The van der Waals surface area contributed by atoms with Gasteiger partial charge in [0.1, 0.15) is 0 Å². The van der Waals surface area contributed by atoms with Gasteiger partial charge in [-0.25, -0.2) is 8.78 Å². The van der Waals surface area contributed by atoms with Crippen molar-refractivity contribution in [3.63, 3.8) is 0 Å². The van der Waals surface area contributed by atoms with Crippen molar-refractivity contribution in [1.29, 1.82) is 0 Å². The van der Waals surface area contributed by atoms with E-state index in [0.29, 0.717) is 17.1 Å². The molecule has 1 aromatic rings. The second-order valence-electron chi connectivity index (χ2n) is 3.32. The van der Waals surface area contributed by atoms with Crippen LogP contribution in [0.25, 0.3) is 0 Å². The van der Waals surface area contributed by atoms with Gasteiger partial charge in [0.2, 0.25) is 0 Å².